The van der Waals surface area contributed by atoms with Crippen molar-refractivity contribution in [3.63, 3.8) is 0 Å². The maximum atomic E-state index is 12.6. The van der Waals surface area contributed by atoms with Crippen molar-refractivity contribution in [1.29, 1.82) is 0 Å². The first-order valence-electron chi connectivity index (χ1n) is 20.7. The zero-order chi connectivity index (χ0) is 40.0. The molecule has 0 spiro atoms. The van der Waals surface area contributed by atoms with E-state index < -0.39 is 51.1 Å². The summed E-state index contributed by atoms with van der Waals surface area (Å²) < 4.78 is 32.6. The lowest BCUT2D eigenvalue weighted by Crippen LogP contribution is -2.34. The fourth-order valence-corrected chi connectivity index (χ4v) is 6.02. The standard InChI is InChI=1S/C42H74NO10P/c1-3-5-7-9-11-13-15-17-18-19-20-22-24-26-28-30-32-34-41(45)53-38(36-51-54(48,49)52-37-39(43)42(46)47)35-50-40(44)33-31-29-27-25-23-21-16-14-12-10-8-6-4-2/h11,13-14,16-18,20,22,38-39H,3-10,12,15,19,21,23-37,43H2,1-2H3,(H,46,47)(H,48,49)/b13-11-,16-14-,18-17-,22-20-/t38-,39+/m1/s1. The van der Waals surface area contributed by atoms with Crippen molar-refractivity contribution in [1.82, 2.24) is 0 Å². The van der Waals surface area contributed by atoms with Crippen molar-refractivity contribution >= 4 is 25.7 Å². The zero-order valence-electron chi connectivity index (χ0n) is 33.6. The van der Waals surface area contributed by atoms with Crippen LogP contribution in [-0.4, -0.2) is 59.9 Å². The number of ether oxygens (including phenoxy) is 2. The number of phosphoric acid groups is 1. The van der Waals surface area contributed by atoms with Gasteiger partial charge >= 0.3 is 25.7 Å². The topological polar surface area (TPSA) is 172 Å². The quantitative estimate of drug-likeness (QED) is 0.0235. The molecule has 4 N–H and O–H groups in total. The molecule has 3 atom stereocenters. The van der Waals surface area contributed by atoms with Gasteiger partial charge in [0, 0.05) is 12.8 Å². The van der Waals surface area contributed by atoms with Crippen LogP contribution in [0.5, 0.6) is 0 Å². The summed E-state index contributed by atoms with van der Waals surface area (Å²) in [5, 5.41) is 8.87. The Morgan fingerprint density at radius 1 is 0.574 bits per heavy atom. The molecule has 0 aliphatic carbocycles. The van der Waals surface area contributed by atoms with Gasteiger partial charge in [0.1, 0.15) is 12.6 Å². The Hall–Kier alpha value is -2.56. The van der Waals surface area contributed by atoms with E-state index in [0.29, 0.717) is 12.8 Å². The Kier molecular flexibility index (Phi) is 35.6. The van der Waals surface area contributed by atoms with Crippen LogP contribution in [0, 0.1) is 0 Å². The van der Waals surface area contributed by atoms with Crippen molar-refractivity contribution in [2.75, 3.05) is 19.8 Å². The van der Waals surface area contributed by atoms with Crippen LogP contribution in [0.15, 0.2) is 48.6 Å². The molecule has 0 bridgehead atoms. The molecule has 0 amide bonds. The van der Waals surface area contributed by atoms with E-state index in [4.69, 9.17) is 24.8 Å². The van der Waals surface area contributed by atoms with Crippen LogP contribution in [-0.2, 0) is 37.5 Å². The first kappa shape index (κ1) is 51.4. The summed E-state index contributed by atoms with van der Waals surface area (Å²) in [6.45, 7) is 2.71. The van der Waals surface area contributed by atoms with E-state index in [9.17, 15) is 23.8 Å². The number of hydrogen-bond donors (Lipinski definition) is 3. The summed E-state index contributed by atoms with van der Waals surface area (Å²) in [5.41, 5.74) is 5.32. The normalized spacial score (nSPS) is 14.3. The average Bonchev–Trinajstić information content (AvgIpc) is 3.14. The smallest absolute Gasteiger partial charge is 0.472 e. The minimum absolute atomic E-state index is 0.133. The molecule has 0 saturated heterocycles. The summed E-state index contributed by atoms with van der Waals surface area (Å²) in [7, 11) is -4.72. The molecule has 0 aliphatic heterocycles. The van der Waals surface area contributed by atoms with Crippen LogP contribution in [0.25, 0.3) is 0 Å². The lowest BCUT2D eigenvalue weighted by molar-refractivity contribution is -0.161. The number of esters is 2. The SMILES string of the molecule is CCCCC/C=C\C/C=C\C/C=C\CCCCCCC(=O)O[C@H](COC(=O)CCCCCCC/C=C\CCCCCC)COP(=O)(O)OC[C@H](N)C(=O)O. The van der Waals surface area contributed by atoms with Gasteiger partial charge in [-0.15, -0.1) is 0 Å². The second-order valence-corrected chi connectivity index (χ2v) is 15.2. The molecule has 0 rings (SSSR count). The van der Waals surface area contributed by atoms with Gasteiger partial charge < -0.3 is 25.2 Å². The van der Waals surface area contributed by atoms with Gasteiger partial charge in [-0.25, -0.2) is 4.57 Å². The molecule has 54 heavy (non-hydrogen) atoms. The highest BCUT2D eigenvalue weighted by Gasteiger charge is 2.28. The third-order valence-corrected chi connectivity index (χ3v) is 9.50. The van der Waals surface area contributed by atoms with E-state index >= 15 is 0 Å². The van der Waals surface area contributed by atoms with Gasteiger partial charge in [0.05, 0.1) is 13.2 Å². The van der Waals surface area contributed by atoms with Gasteiger partial charge in [0.25, 0.3) is 0 Å². The third-order valence-electron chi connectivity index (χ3n) is 8.55. The van der Waals surface area contributed by atoms with Crippen molar-refractivity contribution in [2.45, 2.75) is 180 Å². The number of carboxylic acid groups (broad SMARTS) is 1. The molecule has 0 aromatic rings. The number of aliphatic carboxylic acids is 1. The van der Waals surface area contributed by atoms with E-state index in [1.807, 2.05) is 0 Å². The number of carbonyl (C=O) groups excluding carboxylic acids is 2. The maximum absolute atomic E-state index is 12.6. The van der Waals surface area contributed by atoms with Crippen molar-refractivity contribution in [3.05, 3.63) is 48.6 Å². The number of unbranched alkanes of at least 4 members (excludes halogenated alkanes) is 16. The molecule has 0 aromatic carbocycles. The van der Waals surface area contributed by atoms with Crippen LogP contribution in [0.3, 0.4) is 0 Å². The van der Waals surface area contributed by atoms with Crippen LogP contribution in [0.1, 0.15) is 168 Å². The van der Waals surface area contributed by atoms with E-state index in [-0.39, 0.29) is 19.4 Å². The summed E-state index contributed by atoms with van der Waals surface area (Å²) in [5.74, 6) is -2.42. The van der Waals surface area contributed by atoms with Gasteiger partial charge in [0.15, 0.2) is 6.10 Å². The summed E-state index contributed by atoms with van der Waals surface area (Å²) in [4.78, 5) is 45.8. The Morgan fingerprint density at radius 2 is 0.981 bits per heavy atom. The second-order valence-electron chi connectivity index (χ2n) is 13.8. The number of nitrogens with two attached hydrogens (primary N) is 1. The van der Waals surface area contributed by atoms with Crippen molar-refractivity contribution in [3.8, 4) is 0 Å². The molecule has 312 valence electrons. The average molecular weight is 784 g/mol. The number of hydrogen-bond acceptors (Lipinski definition) is 9. The molecule has 0 aromatic heterocycles. The van der Waals surface area contributed by atoms with Gasteiger partial charge in [-0.3, -0.25) is 23.4 Å². The Bertz CT molecular complexity index is 1110. The zero-order valence-corrected chi connectivity index (χ0v) is 34.4. The number of allylic oxidation sites excluding steroid dienone is 8. The monoisotopic (exact) mass is 784 g/mol. The van der Waals surface area contributed by atoms with E-state index in [1.54, 1.807) is 0 Å². The molecule has 0 heterocycles. The molecule has 0 radical (unpaired) electrons. The highest BCUT2D eigenvalue weighted by molar-refractivity contribution is 7.47. The second kappa shape index (κ2) is 37.4. The van der Waals surface area contributed by atoms with Crippen molar-refractivity contribution in [2.24, 2.45) is 5.73 Å². The summed E-state index contributed by atoms with van der Waals surface area (Å²) >= 11 is 0. The van der Waals surface area contributed by atoms with E-state index in [0.717, 1.165) is 83.5 Å². The molecule has 0 aliphatic rings. The Labute approximate surface area is 326 Å². The van der Waals surface area contributed by atoms with Gasteiger partial charge in [-0.2, -0.15) is 0 Å². The van der Waals surface area contributed by atoms with Gasteiger partial charge in [-0.1, -0.05) is 127 Å². The molecular formula is C42H74NO10P. The molecule has 11 nitrogen and oxygen atoms in total. The number of rotatable bonds is 38. The van der Waals surface area contributed by atoms with Crippen LogP contribution >= 0.6 is 7.82 Å². The lowest BCUT2D eigenvalue weighted by atomic mass is 10.1. The summed E-state index contributed by atoms with van der Waals surface area (Å²) in [6.07, 6.45) is 40.3. The van der Waals surface area contributed by atoms with Crippen LogP contribution < -0.4 is 5.73 Å². The predicted molar refractivity (Wildman–Crippen MR) is 217 cm³/mol. The van der Waals surface area contributed by atoms with E-state index in [2.05, 4.69) is 67.0 Å². The van der Waals surface area contributed by atoms with Crippen molar-refractivity contribution < 1.29 is 47.5 Å². The fraction of sp³-hybridized carbons (Fsp3) is 0.738. The minimum Gasteiger partial charge on any atom is -0.480 e. The molecule has 0 fully saturated rings. The highest BCUT2D eigenvalue weighted by atomic mass is 31.2. The highest BCUT2D eigenvalue weighted by Crippen LogP contribution is 2.43. The van der Waals surface area contributed by atoms with Gasteiger partial charge in [-0.05, 0) is 77.0 Å². The van der Waals surface area contributed by atoms with Crippen LogP contribution in [0.4, 0.5) is 0 Å². The molecule has 12 heteroatoms. The third kappa shape index (κ3) is 36.4. The molecule has 1 unspecified atom stereocenters. The fourth-order valence-electron chi connectivity index (χ4n) is 5.24. The first-order valence-corrected chi connectivity index (χ1v) is 22.2. The van der Waals surface area contributed by atoms with Gasteiger partial charge in [0.2, 0.25) is 0 Å². The molecular weight excluding hydrogens is 709 g/mol. The van der Waals surface area contributed by atoms with Crippen LogP contribution in [0.2, 0.25) is 0 Å². The Morgan fingerprint density at radius 3 is 1.52 bits per heavy atom. The molecule has 0 saturated carbocycles. The first-order chi connectivity index (χ1) is 26.1. The minimum atomic E-state index is -4.72. The Balaban J connectivity index is 4.46. The summed E-state index contributed by atoms with van der Waals surface area (Å²) in [6, 6.07) is -1.53. The predicted octanol–water partition coefficient (Wildman–Crippen LogP) is 10.6. The van der Waals surface area contributed by atoms with E-state index in [1.165, 1.54) is 44.9 Å². The number of carboxylic acids is 1. The maximum Gasteiger partial charge on any atom is 0.472 e. The lowest BCUT2D eigenvalue weighted by Gasteiger charge is -2.20. The largest absolute Gasteiger partial charge is 0.480 e. The number of carbonyl (C=O) groups is 3. The number of phosphoric ester groups is 1.